The average Bonchev–Trinajstić information content (AvgIpc) is 2.80. The molecule has 0 aromatic rings. The molecule has 0 saturated heterocycles. The van der Waals surface area contributed by atoms with Crippen LogP contribution in [0, 0.1) is 23.7 Å². The molecular formula is C16H34. The molecule has 2 bridgehead atoms. The monoisotopic (exact) mass is 226 g/mol. The predicted octanol–water partition coefficient (Wildman–Crippen LogP) is 5.91. The lowest BCUT2D eigenvalue weighted by molar-refractivity contribution is 0.233. The molecule has 0 heterocycles. The van der Waals surface area contributed by atoms with Gasteiger partial charge in [-0.1, -0.05) is 60.8 Å². The van der Waals surface area contributed by atoms with Gasteiger partial charge in [0.25, 0.3) is 0 Å². The van der Waals surface area contributed by atoms with Crippen LogP contribution in [-0.4, -0.2) is 0 Å². The van der Waals surface area contributed by atoms with Gasteiger partial charge in [0.2, 0.25) is 0 Å². The van der Waals surface area contributed by atoms with E-state index in [2.05, 4.69) is 41.5 Å². The zero-order chi connectivity index (χ0) is 12.6. The highest BCUT2D eigenvalue weighted by atomic mass is 14.5. The molecule has 2 rings (SSSR count). The molecule has 2 saturated carbocycles. The Morgan fingerprint density at radius 1 is 0.812 bits per heavy atom. The zero-order valence-corrected chi connectivity index (χ0v) is 12.6. The summed E-state index contributed by atoms with van der Waals surface area (Å²) in [5, 5.41) is 0. The average molecular weight is 226 g/mol. The summed E-state index contributed by atoms with van der Waals surface area (Å²) < 4.78 is 0. The van der Waals surface area contributed by atoms with Crippen molar-refractivity contribution < 1.29 is 0 Å². The Labute approximate surface area is 104 Å². The van der Waals surface area contributed by atoms with E-state index in [0.29, 0.717) is 0 Å². The van der Waals surface area contributed by atoms with Gasteiger partial charge in [0, 0.05) is 0 Å². The Morgan fingerprint density at radius 3 is 1.50 bits per heavy atom. The van der Waals surface area contributed by atoms with Crippen LogP contribution in [0.25, 0.3) is 0 Å². The quantitative estimate of drug-likeness (QED) is 0.521. The van der Waals surface area contributed by atoms with Crippen molar-refractivity contribution in [1.82, 2.24) is 0 Å². The number of hydrogen-bond donors (Lipinski definition) is 0. The van der Waals surface area contributed by atoms with E-state index in [0.717, 1.165) is 23.7 Å². The molecule has 0 aliphatic heterocycles. The lowest BCUT2D eigenvalue weighted by Gasteiger charge is -2.26. The first-order valence-corrected chi connectivity index (χ1v) is 7.65. The molecule has 0 heteroatoms. The fourth-order valence-electron chi connectivity index (χ4n) is 3.40. The van der Waals surface area contributed by atoms with Crippen LogP contribution in [0.5, 0.6) is 0 Å². The van der Waals surface area contributed by atoms with Crippen molar-refractivity contribution in [1.29, 1.82) is 0 Å². The van der Waals surface area contributed by atoms with Crippen LogP contribution >= 0.6 is 0 Å². The van der Waals surface area contributed by atoms with E-state index >= 15 is 0 Å². The minimum atomic E-state index is 1.06. The summed E-state index contributed by atoms with van der Waals surface area (Å²) in [6, 6.07) is 0. The summed E-state index contributed by atoms with van der Waals surface area (Å²) in [5.74, 6) is 4.41. The molecule has 0 nitrogen and oxygen atoms in total. The summed E-state index contributed by atoms with van der Waals surface area (Å²) in [6.07, 6.45) is 8.60. The van der Waals surface area contributed by atoms with Crippen LogP contribution in [0.15, 0.2) is 0 Å². The van der Waals surface area contributed by atoms with Gasteiger partial charge in [0.1, 0.15) is 0 Å². The SMILES string of the molecule is CCC.CCC.CCC1C2CCC(C2)C1C. The molecule has 0 N–H and O–H groups in total. The van der Waals surface area contributed by atoms with Crippen molar-refractivity contribution in [2.24, 2.45) is 23.7 Å². The maximum absolute atomic E-state index is 2.47. The van der Waals surface area contributed by atoms with Gasteiger partial charge in [-0.15, -0.1) is 0 Å². The molecule has 4 unspecified atom stereocenters. The highest BCUT2D eigenvalue weighted by Crippen LogP contribution is 2.52. The fraction of sp³-hybridized carbons (Fsp3) is 1.00. The lowest BCUT2D eigenvalue weighted by Crippen LogP contribution is -2.18. The standard InChI is InChI=1S/C10H18.2C3H8/c1-3-10-7(2)8-4-5-9(10)6-8;2*1-3-2/h7-10H,3-6H2,1-2H3;2*3H2,1-2H3. The van der Waals surface area contributed by atoms with Crippen molar-refractivity contribution >= 4 is 0 Å². The Balaban J connectivity index is 0.000000321. The molecule has 0 aromatic heterocycles. The van der Waals surface area contributed by atoms with Crippen LogP contribution in [0.2, 0.25) is 0 Å². The third-order valence-corrected chi connectivity index (χ3v) is 4.01. The van der Waals surface area contributed by atoms with E-state index in [-0.39, 0.29) is 0 Å². The first kappa shape index (κ1) is 16.0. The number of fused-ring (bicyclic) bond motifs is 2. The molecule has 0 spiro atoms. The topological polar surface area (TPSA) is 0 Å². The first-order valence-electron chi connectivity index (χ1n) is 7.65. The molecule has 4 atom stereocenters. The van der Waals surface area contributed by atoms with E-state index in [1.165, 1.54) is 19.3 Å². The normalized spacial score (nSPS) is 34.9. The smallest absolute Gasteiger partial charge is 0.0360 e. The van der Waals surface area contributed by atoms with Crippen LogP contribution in [0.4, 0.5) is 0 Å². The molecule has 2 aliphatic carbocycles. The second-order valence-corrected chi connectivity index (χ2v) is 5.68. The van der Waals surface area contributed by atoms with Crippen LogP contribution < -0.4 is 0 Å². The predicted molar refractivity (Wildman–Crippen MR) is 75.7 cm³/mol. The molecule has 0 aromatic carbocycles. The van der Waals surface area contributed by atoms with Gasteiger partial charge in [-0.05, 0) is 42.9 Å². The third kappa shape index (κ3) is 4.47. The summed E-state index contributed by atoms with van der Waals surface area (Å²) in [4.78, 5) is 0. The molecule has 0 amide bonds. The van der Waals surface area contributed by atoms with Gasteiger partial charge in [-0.25, -0.2) is 0 Å². The van der Waals surface area contributed by atoms with Crippen molar-refractivity contribution in [2.75, 3.05) is 0 Å². The van der Waals surface area contributed by atoms with Gasteiger partial charge in [0.05, 0.1) is 0 Å². The second kappa shape index (κ2) is 9.07. The molecule has 98 valence electrons. The molecule has 16 heavy (non-hydrogen) atoms. The lowest BCUT2D eigenvalue weighted by atomic mass is 9.79. The molecule has 2 fully saturated rings. The van der Waals surface area contributed by atoms with Gasteiger partial charge >= 0.3 is 0 Å². The van der Waals surface area contributed by atoms with E-state index in [4.69, 9.17) is 0 Å². The van der Waals surface area contributed by atoms with Gasteiger partial charge < -0.3 is 0 Å². The van der Waals surface area contributed by atoms with Crippen molar-refractivity contribution in [3.63, 3.8) is 0 Å². The maximum atomic E-state index is 2.47. The Morgan fingerprint density at radius 2 is 1.25 bits per heavy atom. The minimum Gasteiger partial charge on any atom is -0.0656 e. The number of hydrogen-bond acceptors (Lipinski definition) is 0. The molecule has 2 aliphatic rings. The highest BCUT2D eigenvalue weighted by molar-refractivity contribution is 4.93. The van der Waals surface area contributed by atoms with Crippen LogP contribution in [-0.2, 0) is 0 Å². The second-order valence-electron chi connectivity index (χ2n) is 5.68. The van der Waals surface area contributed by atoms with E-state index in [1.807, 2.05) is 0 Å². The summed E-state index contributed by atoms with van der Waals surface area (Å²) in [6.45, 7) is 13.3. The zero-order valence-electron chi connectivity index (χ0n) is 12.6. The number of rotatable bonds is 1. The first-order chi connectivity index (χ1) is 7.65. The largest absolute Gasteiger partial charge is 0.0656 e. The third-order valence-electron chi connectivity index (χ3n) is 4.01. The Hall–Kier alpha value is 0. The van der Waals surface area contributed by atoms with E-state index in [9.17, 15) is 0 Å². The minimum absolute atomic E-state index is 1.06. The van der Waals surface area contributed by atoms with Gasteiger partial charge in [0.15, 0.2) is 0 Å². The highest BCUT2D eigenvalue weighted by Gasteiger charge is 2.43. The summed E-state index contributed by atoms with van der Waals surface area (Å²) >= 11 is 0. The van der Waals surface area contributed by atoms with Crippen molar-refractivity contribution in [3.8, 4) is 0 Å². The Bertz CT molecular complexity index is 146. The van der Waals surface area contributed by atoms with E-state index in [1.54, 1.807) is 19.3 Å². The van der Waals surface area contributed by atoms with Gasteiger partial charge in [-0.2, -0.15) is 0 Å². The Kier molecular flexibility index (Phi) is 9.07. The summed E-state index contributed by atoms with van der Waals surface area (Å²) in [7, 11) is 0. The van der Waals surface area contributed by atoms with Crippen LogP contribution in [0.3, 0.4) is 0 Å². The molecule has 0 radical (unpaired) electrons. The van der Waals surface area contributed by atoms with Crippen LogP contribution in [0.1, 0.15) is 80.1 Å². The van der Waals surface area contributed by atoms with Gasteiger partial charge in [-0.3, -0.25) is 0 Å². The maximum Gasteiger partial charge on any atom is -0.0360 e. The van der Waals surface area contributed by atoms with E-state index < -0.39 is 0 Å². The van der Waals surface area contributed by atoms with Crippen molar-refractivity contribution in [2.45, 2.75) is 80.1 Å². The fourth-order valence-corrected chi connectivity index (χ4v) is 3.40. The van der Waals surface area contributed by atoms with Crippen molar-refractivity contribution in [3.05, 3.63) is 0 Å². The molecular weight excluding hydrogens is 192 g/mol. The summed E-state index contributed by atoms with van der Waals surface area (Å²) in [5.41, 5.74) is 0.